The van der Waals surface area contributed by atoms with Crippen LogP contribution >= 0.6 is 0 Å². The fraction of sp³-hybridized carbons (Fsp3) is 0.353. The normalized spacial score (nSPS) is 12.4. The van der Waals surface area contributed by atoms with Crippen LogP contribution in [-0.4, -0.2) is 4.98 Å². The van der Waals surface area contributed by atoms with Gasteiger partial charge in [-0.25, -0.2) is 0 Å². The number of pyridine rings is 1. The second-order valence-electron chi connectivity index (χ2n) is 5.56. The Balaban J connectivity index is 2.26. The lowest BCUT2D eigenvalue weighted by Gasteiger charge is -2.18. The van der Waals surface area contributed by atoms with Crippen molar-refractivity contribution >= 4 is 0 Å². The topological polar surface area (TPSA) is 50.9 Å². The molecule has 0 fully saturated rings. The molecule has 0 bridgehead atoms. The zero-order valence-electron chi connectivity index (χ0n) is 12.7. The Hall–Kier alpha value is -1.71. The van der Waals surface area contributed by atoms with E-state index in [0.717, 1.165) is 12.1 Å². The van der Waals surface area contributed by atoms with Gasteiger partial charge in [0.15, 0.2) is 0 Å². The molecule has 1 unspecified atom stereocenters. The van der Waals surface area contributed by atoms with Crippen LogP contribution in [0.15, 0.2) is 30.5 Å². The summed E-state index contributed by atoms with van der Waals surface area (Å²) in [6.45, 7) is 8.40. The zero-order chi connectivity index (χ0) is 14.7. The molecule has 2 aromatic rings. The van der Waals surface area contributed by atoms with Crippen LogP contribution in [0.3, 0.4) is 0 Å². The van der Waals surface area contributed by atoms with Crippen molar-refractivity contribution in [2.45, 2.75) is 40.2 Å². The van der Waals surface area contributed by atoms with Gasteiger partial charge in [-0.05, 0) is 61.9 Å². The largest absolute Gasteiger partial charge is 0.271 e. The highest BCUT2D eigenvalue weighted by Crippen LogP contribution is 2.21. The molecule has 0 saturated carbocycles. The third-order valence-corrected chi connectivity index (χ3v) is 3.80. The number of hydrazine groups is 1. The first-order valence-corrected chi connectivity index (χ1v) is 6.96. The predicted octanol–water partition coefficient (Wildman–Crippen LogP) is 3.06. The van der Waals surface area contributed by atoms with Gasteiger partial charge in [-0.2, -0.15) is 0 Å². The van der Waals surface area contributed by atoms with Crippen LogP contribution in [0.1, 0.15) is 39.6 Å². The highest BCUT2D eigenvalue weighted by Gasteiger charge is 2.15. The van der Waals surface area contributed by atoms with Crippen LogP contribution in [0, 0.1) is 27.7 Å². The van der Waals surface area contributed by atoms with E-state index in [4.69, 9.17) is 5.84 Å². The van der Waals surface area contributed by atoms with Crippen molar-refractivity contribution in [1.82, 2.24) is 10.4 Å². The maximum absolute atomic E-state index is 5.74. The first-order chi connectivity index (χ1) is 9.51. The first kappa shape index (κ1) is 14.7. The Bertz CT molecular complexity index is 605. The summed E-state index contributed by atoms with van der Waals surface area (Å²) in [5.74, 6) is 5.74. The van der Waals surface area contributed by atoms with Gasteiger partial charge in [0.25, 0.3) is 0 Å². The van der Waals surface area contributed by atoms with Crippen LogP contribution in [0.4, 0.5) is 0 Å². The van der Waals surface area contributed by atoms with Crippen LogP contribution in [0.5, 0.6) is 0 Å². The third-order valence-electron chi connectivity index (χ3n) is 3.80. The number of hydrogen-bond acceptors (Lipinski definition) is 3. The Kier molecular flexibility index (Phi) is 4.53. The number of nitrogens with one attached hydrogen (secondary N) is 1. The van der Waals surface area contributed by atoms with Crippen molar-refractivity contribution < 1.29 is 0 Å². The van der Waals surface area contributed by atoms with E-state index >= 15 is 0 Å². The summed E-state index contributed by atoms with van der Waals surface area (Å²) in [7, 11) is 0. The summed E-state index contributed by atoms with van der Waals surface area (Å²) in [4.78, 5) is 4.54. The highest BCUT2D eigenvalue weighted by molar-refractivity contribution is 5.32. The van der Waals surface area contributed by atoms with E-state index in [2.05, 4.69) is 62.4 Å². The molecule has 3 N–H and O–H groups in total. The summed E-state index contributed by atoms with van der Waals surface area (Å²) in [6, 6.07) is 8.73. The van der Waals surface area contributed by atoms with Crippen molar-refractivity contribution in [1.29, 1.82) is 0 Å². The van der Waals surface area contributed by atoms with E-state index in [0.29, 0.717) is 0 Å². The van der Waals surface area contributed by atoms with Crippen LogP contribution in [0.25, 0.3) is 0 Å². The Morgan fingerprint density at radius 1 is 1.05 bits per heavy atom. The average Bonchev–Trinajstić information content (AvgIpc) is 2.41. The van der Waals surface area contributed by atoms with Crippen molar-refractivity contribution in [2.24, 2.45) is 5.84 Å². The number of hydrogen-bond donors (Lipinski definition) is 2. The van der Waals surface area contributed by atoms with Crippen molar-refractivity contribution in [3.05, 3.63) is 64.0 Å². The monoisotopic (exact) mass is 269 g/mol. The van der Waals surface area contributed by atoms with Gasteiger partial charge in [0, 0.05) is 6.20 Å². The van der Waals surface area contributed by atoms with Gasteiger partial charge in [-0.3, -0.25) is 16.3 Å². The predicted molar refractivity (Wildman–Crippen MR) is 83.4 cm³/mol. The molecule has 3 heteroatoms. The molecule has 0 aliphatic carbocycles. The number of rotatable bonds is 4. The fourth-order valence-corrected chi connectivity index (χ4v) is 2.49. The lowest BCUT2D eigenvalue weighted by Crippen LogP contribution is -2.31. The van der Waals surface area contributed by atoms with Gasteiger partial charge in [0.2, 0.25) is 0 Å². The van der Waals surface area contributed by atoms with Crippen molar-refractivity contribution in [3.8, 4) is 0 Å². The third kappa shape index (κ3) is 3.24. The van der Waals surface area contributed by atoms with Gasteiger partial charge in [-0.1, -0.05) is 24.3 Å². The van der Waals surface area contributed by atoms with Gasteiger partial charge < -0.3 is 0 Å². The molecule has 20 heavy (non-hydrogen) atoms. The molecular formula is C17H23N3. The molecule has 0 amide bonds. The smallest absolute Gasteiger partial charge is 0.0675 e. The minimum Gasteiger partial charge on any atom is -0.271 e. The summed E-state index contributed by atoms with van der Waals surface area (Å²) in [6.07, 6.45) is 2.74. The molecule has 3 nitrogen and oxygen atoms in total. The summed E-state index contributed by atoms with van der Waals surface area (Å²) >= 11 is 0. The summed E-state index contributed by atoms with van der Waals surface area (Å²) in [5, 5.41) is 0. The molecule has 2 rings (SSSR count). The van der Waals surface area contributed by atoms with Gasteiger partial charge in [0.1, 0.15) is 0 Å². The maximum atomic E-state index is 5.74. The quantitative estimate of drug-likeness (QED) is 0.662. The highest BCUT2D eigenvalue weighted by atomic mass is 15.2. The molecule has 1 heterocycles. The Labute approximate surface area is 121 Å². The SMILES string of the molecule is Cc1cnc(C(Cc2ccc(C)c(C)c2)NN)c(C)c1. The Morgan fingerprint density at radius 2 is 1.80 bits per heavy atom. The van der Waals surface area contributed by atoms with Crippen molar-refractivity contribution in [2.75, 3.05) is 0 Å². The number of aryl methyl sites for hydroxylation is 4. The van der Waals surface area contributed by atoms with Crippen LogP contribution < -0.4 is 11.3 Å². The van der Waals surface area contributed by atoms with Crippen molar-refractivity contribution in [3.63, 3.8) is 0 Å². The minimum atomic E-state index is 0.0395. The molecule has 1 aromatic carbocycles. The lowest BCUT2D eigenvalue weighted by molar-refractivity contribution is 0.535. The number of benzene rings is 1. The average molecular weight is 269 g/mol. The molecule has 0 radical (unpaired) electrons. The summed E-state index contributed by atoms with van der Waals surface area (Å²) < 4.78 is 0. The number of nitrogens with zero attached hydrogens (tertiary/aromatic N) is 1. The van der Waals surface area contributed by atoms with E-state index in [9.17, 15) is 0 Å². The molecule has 0 saturated heterocycles. The van der Waals surface area contributed by atoms with Gasteiger partial charge >= 0.3 is 0 Å². The van der Waals surface area contributed by atoms with Gasteiger partial charge in [0.05, 0.1) is 11.7 Å². The molecule has 0 aliphatic rings. The molecule has 1 aromatic heterocycles. The zero-order valence-corrected chi connectivity index (χ0v) is 12.7. The second-order valence-corrected chi connectivity index (χ2v) is 5.56. The molecule has 0 aliphatic heterocycles. The molecule has 0 spiro atoms. The lowest BCUT2D eigenvalue weighted by atomic mass is 9.97. The van der Waals surface area contributed by atoms with E-state index < -0.39 is 0 Å². The maximum Gasteiger partial charge on any atom is 0.0675 e. The van der Waals surface area contributed by atoms with Gasteiger partial charge in [-0.15, -0.1) is 0 Å². The minimum absolute atomic E-state index is 0.0395. The van der Waals surface area contributed by atoms with E-state index in [1.54, 1.807) is 0 Å². The number of aromatic nitrogens is 1. The fourth-order valence-electron chi connectivity index (χ4n) is 2.49. The first-order valence-electron chi connectivity index (χ1n) is 6.96. The standard InChI is InChI=1S/C17H23N3/c1-11-7-14(4)17(19-10-11)16(20-18)9-15-6-5-12(2)13(3)8-15/h5-8,10,16,20H,9,18H2,1-4H3. The number of nitrogens with two attached hydrogens (primary N) is 1. The molecular weight excluding hydrogens is 246 g/mol. The van der Waals surface area contributed by atoms with Crippen LogP contribution in [0.2, 0.25) is 0 Å². The second kappa shape index (κ2) is 6.16. The van der Waals surface area contributed by atoms with E-state index in [1.807, 2.05) is 6.20 Å². The molecule has 1 atom stereocenters. The summed E-state index contributed by atoms with van der Waals surface area (Å²) in [5.41, 5.74) is 10.2. The molecule has 106 valence electrons. The van der Waals surface area contributed by atoms with E-state index in [1.165, 1.54) is 27.8 Å². The van der Waals surface area contributed by atoms with Crippen LogP contribution in [-0.2, 0) is 6.42 Å². The van der Waals surface area contributed by atoms with E-state index in [-0.39, 0.29) is 6.04 Å². The Morgan fingerprint density at radius 3 is 2.40 bits per heavy atom.